The Morgan fingerprint density at radius 3 is 2.15 bits per heavy atom. The Morgan fingerprint density at radius 2 is 1.60 bits per heavy atom. The van der Waals surface area contributed by atoms with Gasteiger partial charge in [-0.1, -0.05) is 41.7 Å². The summed E-state index contributed by atoms with van der Waals surface area (Å²) in [5.41, 5.74) is 0.496. The highest BCUT2D eigenvalue weighted by atomic mass is 35.5. The lowest BCUT2D eigenvalue weighted by Crippen LogP contribution is -2.26. The van der Waals surface area contributed by atoms with E-state index in [0.717, 1.165) is 6.42 Å². The molecule has 0 fully saturated rings. The van der Waals surface area contributed by atoms with Gasteiger partial charge in [-0.2, -0.15) is 0 Å². The number of nitrogens with one attached hydrogen (secondary N) is 2. The van der Waals surface area contributed by atoms with E-state index in [1.165, 1.54) is 0 Å². The van der Waals surface area contributed by atoms with Crippen molar-refractivity contribution in [3.63, 3.8) is 0 Å². The highest BCUT2D eigenvalue weighted by molar-refractivity contribution is 6.54. The summed E-state index contributed by atoms with van der Waals surface area (Å²) in [7, 11) is 0. The predicted molar refractivity (Wildman–Crippen MR) is 82.1 cm³/mol. The number of carbonyl (C=O) groups excluding carboxylic acids is 2. The predicted octanol–water partition coefficient (Wildman–Crippen LogP) is 3.49. The van der Waals surface area contributed by atoms with Crippen LogP contribution in [0.3, 0.4) is 0 Å². The lowest BCUT2D eigenvalue weighted by atomic mass is 10.3. The lowest BCUT2D eigenvalue weighted by Gasteiger charge is -2.07. The zero-order valence-electron chi connectivity index (χ0n) is 10.7. The standard InChI is InChI=1S/C13H13Cl3N2O2/c1-2-7-17-12(19)10(15)11(16)13(20)18-9-5-3-8(14)4-6-9/h3-6H,2,7H2,1H3,(H,17,19)(H,18,20)/b11-10-. The zero-order valence-corrected chi connectivity index (χ0v) is 12.9. The molecule has 0 saturated carbocycles. The van der Waals surface area contributed by atoms with Crippen molar-refractivity contribution >= 4 is 52.3 Å². The fraction of sp³-hybridized carbons (Fsp3) is 0.231. The average Bonchev–Trinajstić information content (AvgIpc) is 2.45. The van der Waals surface area contributed by atoms with Gasteiger partial charge in [-0.15, -0.1) is 0 Å². The third kappa shape index (κ3) is 5.04. The Hall–Kier alpha value is -1.23. The van der Waals surface area contributed by atoms with Gasteiger partial charge in [0.05, 0.1) is 0 Å². The topological polar surface area (TPSA) is 58.2 Å². The zero-order chi connectivity index (χ0) is 15.1. The average molecular weight is 336 g/mol. The first-order valence-electron chi connectivity index (χ1n) is 5.86. The Bertz CT molecular complexity index is 527. The summed E-state index contributed by atoms with van der Waals surface area (Å²) >= 11 is 17.3. The van der Waals surface area contributed by atoms with Gasteiger partial charge in [0, 0.05) is 17.3 Å². The van der Waals surface area contributed by atoms with Crippen molar-refractivity contribution in [3.8, 4) is 0 Å². The van der Waals surface area contributed by atoms with E-state index in [-0.39, 0.29) is 10.1 Å². The minimum atomic E-state index is -0.661. The molecule has 0 spiro atoms. The van der Waals surface area contributed by atoms with Gasteiger partial charge in [0.2, 0.25) is 0 Å². The second-order valence-corrected chi connectivity index (χ2v) is 5.04. The van der Waals surface area contributed by atoms with Crippen LogP contribution in [0.15, 0.2) is 34.3 Å². The fourth-order valence-corrected chi connectivity index (χ4v) is 1.65. The first-order valence-corrected chi connectivity index (χ1v) is 6.99. The van der Waals surface area contributed by atoms with E-state index in [1.54, 1.807) is 24.3 Å². The molecule has 0 unspecified atom stereocenters. The molecule has 0 atom stereocenters. The molecule has 7 heteroatoms. The van der Waals surface area contributed by atoms with Crippen LogP contribution in [0, 0.1) is 0 Å². The van der Waals surface area contributed by atoms with E-state index in [4.69, 9.17) is 34.8 Å². The van der Waals surface area contributed by atoms with Crippen molar-refractivity contribution < 1.29 is 9.59 Å². The van der Waals surface area contributed by atoms with Gasteiger partial charge < -0.3 is 10.6 Å². The molecule has 2 amide bonds. The molecule has 1 aromatic carbocycles. The second kappa shape index (κ2) is 8.15. The van der Waals surface area contributed by atoms with Crippen LogP contribution in [0.4, 0.5) is 5.69 Å². The van der Waals surface area contributed by atoms with Gasteiger partial charge >= 0.3 is 0 Å². The van der Waals surface area contributed by atoms with Crippen molar-refractivity contribution in [1.29, 1.82) is 0 Å². The van der Waals surface area contributed by atoms with Gasteiger partial charge in [-0.25, -0.2) is 0 Å². The molecule has 4 nitrogen and oxygen atoms in total. The molecular formula is C13H13Cl3N2O2. The molecule has 0 radical (unpaired) electrons. The first-order chi connectivity index (χ1) is 9.45. The lowest BCUT2D eigenvalue weighted by molar-refractivity contribution is -0.117. The summed E-state index contributed by atoms with van der Waals surface area (Å²) in [6, 6.07) is 6.44. The van der Waals surface area contributed by atoms with Crippen LogP contribution >= 0.6 is 34.8 Å². The summed E-state index contributed by atoms with van der Waals surface area (Å²) in [5.74, 6) is -1.24. The number of amides is 2. The van der Waals surface area contributed by atoms with Crippen molar-refractivity contribution in [2.75, 3.05) is 11.9 Å². The van der Waals surface area contributed by atoms with Crippen molar-refractivity contribution in [3.05, 3.63) is 39.4 Å². The Labute approximate surface area is 132 Å². The number of hydrogen-bond donors (Lipinski definition) is 2. The van der Waals surface area contributed by atoms with E-state index in [2.05, 4.69) is 10.6 Å². The first kappa shape index (κ1) is 16.8. The van der Waals surface area contributed by atoms with Crippen LogP contribution in [0.25, 0.3) is 0 Å². The number of anilines is 1. The van der Waals surface area contributed by atoms with Gasteiger partial charge in [0.25, 0.3) is 11.8 Å². The normalized spacial score (nSPS) is 11.6. The number of hydrogen-bond acceptors (Lipinski definition) is 2. The molecule has 0 aliphatic rings. The summed E-state index contributed by atoms with van der Waals surface area (Å²) in [6.45, 7) is 2.35. The van der Waals surface area contributed by atoms with Crippen LogP contribution in [0.1, 0.15) is 13.3 Å². The van der Waals surface area contributed by atoms with Crippen LogP contribution in [-0.2, 0) is 9.59 Å². The fourth-order valence-electron chi connectivity index (χ4n) is 1.23. The molecule has 0 aliphatic carbocycles. The molecule has 0 saturated heterocycles. The van der Waals surface area contributed by atoms with E-state index in [0.29, 0.717) is 17.3 Å². The second-order valence-electron chi connectivity index (χ2n) is 3.84. The van der Waals surface area contributed by atoms with Gasteiger partial charge in [0.15, 0.2) is 0 Å². The van der Waals surface area contributed by atoms with Crippen LogP contribution in [-0.4, -0.2) is 18.4 Å². The van der Waals surface area contributed by atoms with E-state index in [9.17, 15) is 9.59 Å². The highest BCUT2D eigenvalue weighted by Crippen LogP contribution is 2.18. The molecule has 1 aromatic rings. The molecule has 0 heterocycles. The van der Waals surface area contributed by atoms with E-state index in [1.807, 2.05) is 6.92 Å². The summed E-state index contributed by atoms with van der Waals surface area (Å²) < 4.78 is 0. The maximum atomic E-state index is 11.8. The largest absolute Gasteiger partial charge is 0.351 e. The van der Waals surface area contributed by atoms with Gasteiger partial charge in [-0.3, -0.25) is 9.59 Å². The van der Waals surface area contributed by atoms with E-state index >= 15 is 0 Å². The highest BCUT2D eigenvalue weighted by Gasteiger charge is 2.17. The smallest absolute Gasteiger partial charge is 0.268 e. The van der Waals surface area contributed by atoms with Gasteiger partial charge in [0.1, 0.15) is 10.1 Å². The molecular weight excluding hydrogens is 323 g/mol. The van der Waals surface area contributed by atoms with Crippen molar-refractivity contribution in [2.45, 2.75) is 13.3 Å². The quantitative estimate of drug-likeness (QED) is 0.809. The molecule has 1 rings (SSSR count). The SMILES string of the molecule is CCCNC(=O)/C(Cl)=C(/Cl)C(=O)Nc1ccc(Cl)cc1. The number of rotatable bonds is 5. The number of halogens is 3. The van der Waals surface area contributed by atoms with Crippen LogP contribution in [0.2, 0.25) is 5.02 Å². The van der Waals surface area contributed by atoms with Crippen LogP contribution < -0.4 is 10.6 Å². The summed E-state index contributed by atoms with van der Waals surface area (Å²) in [6.07, 6.45) is 0.754. The number of carbonyl (C=O) groups is 2. The maximum absolute atomic E-state index is 11.8. The van der Waals surface area contributed by atoms with Gasteiger partial charge in [-0.05, 0) is 30.7 Å². The van der Waals surface area contributed by atoms with E-state index < -0.39 is 11.8 Å². The molecule has 0 bridgehead atoms. The minimum absolute atomic E-state index is 0.341. The molecule has 20 heavy (non-hydrogen) atoms. The number of benzene rings is 1. The Kier molecular flexibility index (Phi) is 6.85. The Morgan fingerprint density at radius 1 is 1.05 bits per heavy atom. The molecule has 108 valence electrons. The maximum Gasteiger partial charge on any atom is 0.268 e. The van der Waals surface area contributed by atoms with Crippen LogP contribution in [0.5, 0.6) is 0 Å². The monoisotopic (exact) mass is 334 g/mol. The Balaban J connectivity index is 2.74. The third-order valence-electron chi connectivity index (χ3n) is 2.23. The third-order valence-corrected chi connectivity index (χ3v) is 3.30. The molecule has 2 N–H and O–H groups in total. The summed E-state index contributed by atoms with van der Waals surface area (Å²) in [4.78, 5) is 23.4. The molecule has 0 aromatic heterocycles. The minimum Gasteiger partial charge on any atom is -0.351 e. The van der Waals surface area contributed by atoms with Crippen molar-refractivity contribution in [2.24, 2.45) is 0 Å². The summed E-state index contributed by atoms with van der Waals surface area (Å²) in [5, 5.41) is 4.87. The molecule has 0 aliphatic heterocycles. The van der Waals surface area contributed by atoms with Crippen molar-refractivity contribution in [1.82, 2.24) is 5.32 Å².